The molecule has 0 aromatic heterocycles. The molecule has 0 aliphatic carbocycles. The average Bonchev–Trinajstić information content (AvgIpc) is 2.60. The SMILES string of the molecule is CCCCCCCCCC(=O)OC/C=C(/C)CC/C=C(/C)CCC=C(C)C. The molecule has 0 aromatic rings. The highest BCUT2D eigenvalue weighted by atomic mass is 16.5. The molecule has 0 aliphatic rings. The number of unbranched alkanes of at least 4 members (excludes halogenated alkanes) is 6. The van der Waals surface area contributed by atoms with E-state index >= 15 is 0 Å². The molecule has 0 amide bonds. The third-order valence-electron chi connectivity index (χ3n) is 4.78. The van der Waals surface area contributed by atoms with E-state index in [2.05, 4.69) is 52.8 Å². The lowest BCUT2D eigenvalue weighted by Gasteiger charge is -2.04. The topological polar surface area (TPSA) is 26.3 Å². The largest absolute Gasteiger partial charge is 0.461 e. The van der Waals surface area contributed by atoms with Crippen molar-refractivity contribution in [1.82, 2.24) is 0 Å². The van der Waals surface area contributed by atoms with Crippen LogP contribution in [0.3, 0.4) is 0 Å². The van der Waals surface area contributed by atoms with Gasteiger partial charge in [0.1, 0.15) is 6.61 Å². The fraction of sp³-hybridized carbons (Fsp3) is 0.720. The van der Waals surface area contributed by atoms with Crippen LogP contribution < -0.4 is 0 Å². The summed E-state index contributed by atoms with van der Waals surface area (Å²) in [5.41, 5.74) is 4.15. The second-order valence-electron chi connectivity index (χ2n) is 8.01. The Morgan fingerprint density at radius 3 is 1.89 bits per heavy atom. The maximum atomic E-state index is 11.7. The van der Waals surface area contributed by atoms with E-state index in [-0.39, 0.29) is 5.97 Å². The highest BCUT2D eigenvalue weighted by molar-refractivity contribution is 5.69. The van der Waals surface area contributed by atoms with Crippen LogP contribution in [0, 0.1) is 0 Å². The summed E-state index contributed by atoms with van der Waals surface area (Å²) in [6, 6.07) is 0. The lowest BCUT2D eigenvalue weighted by atomic mass is 10.1. The molecule has 2 heteroatoms. The van der Waals surface area contributed by atoms with Gasteiger partial charge in [-0.3, -0.25) is 4.79 Å². The first-order chi connectivity index (χ1) is 13.0. The van der Waals surface area contributed by atoms with E-state index in [1.54, 1.807) is 0 Å². The smallest absolute Gasteiger partial charge is 0.306 e. The first-order valence-electron chi connectivity index (χ1n) is 11.1. The Labute approximate surface area is 169 Å². The second-order valence-corrected chi connectivity index (χ2v) is 8.01. The monoisotopic (exact) mass is 376 g/mol. The molecule has 0 spiro atoms. The molecule has 0 N–H and O–H groups in total. The van der Waals surface area contributed by atoms with Gasteiger partial charge in [-0.15, -0.1) is 0 Å². The Morgan fingerprint density at radius 2 is 1.26 bits per heavy atom. The van der Waals surface area contributed by atoms with Crippen molar-refractivity contribution in [1.29, 1.82) is 0 Å². The van der Waals surface area contributed by atoms with Crippen LogP contribution in [-0.4, -0.2) is 12.6 Å². The summed E-state index contributed by atoms with van der Waals surface area (Å²) in [5, 5.41) is 0. The first-order valence-corrected chi connectivity index (χ1v) is 11.1. The lowest BCUT2D eigenvalue weighted by Crippen LogP contribution is -2.04. The highest BCUT2D eigenvalue weighted by Gasteiger charge is 2.01. The average molecular weight is 377 g/mol. The van der Waals surface area contributed by atoms with Crippen LogP contribution in [-0.2, 0) is 9.53 Å². The highest BCUT2D eigenvalue weighted by Crippen LogP contribution is 2.12. The van der Waals surface area contributed by atoms with Crippen molar-refractivity contribution in [3.8, 4) is 0 Å². The van der Waals surface area contributed by atoms with Gasteiger partial charge in [0.05, 0.1) is 0 Å². The zero-order valence-corrected chi connectivity index (χ0v) is 18.7. The summed E-state index contributed by atoms with van der Waals surface area (Å²) < 4.78 is 5.32. The van der Waals surface area contributed by atoms with Crippen molar-refractivity contribution in [3.63, 3.8) is 0 Å². The minimum Gasteiger partial charge on any atom is -0.461 e. The molecule has 0 aromatic carbocycles. The van der Waals surface area contributed by atoms with Crippen molar-refractivity contribution in [2.24, 2.45) is 0 Å². The molecule has 2 nitrogen and oxygen atoms in total. The number of carbonyl (C=O) groups excluding carboxylic acids is 1. The van der Waals surface area contributed by atoms with E-state index in [1.807, 2.05) is 0 Å². The molecular weight excluding hydrogens is 332 g/mol. The van der Waals surface area contributed by atoms with Gasteiger partial charge in [0.2, 0.25) is 0 Å². The van der Waals surface area contributed by atoms with Gasteiger partial charge in [-0.1, -0.05) is 74.3 Å². The van der Waals surface area contributed by atoms with Crippen LogP contribution in [0.1, 0.15) is 112 Å². The molecule has 0 rings (SSSR count). The van der Waals surface area contributed by atoms with E-state index < -0.39 is 0 Å². The quantitative estimate of drug-likeness (QED) is 0.154. The maximum absolute atomic E-state index is 11.7. The van der Waals surface area contributed by atoms with Gasteiger partial charge in [0.15, 0.2) is 0 Å². The number of carbonyl (C=O) groups is 1. The van der Waals surface area contributed by atoms with Gasteiger partial charge in [-0.2, -0.15) is 0 Å². The molecule has 0 bridgehead atoms. The van der Waals surface area contributed by atoms with Crippen LogP contribution >= 0.6 is 0 Å². The summed E-state index contributed by atoms with van der Waals surface area (Å²) in [6.45, 7) is 11.3. The number of hydrogen-bond donors (Lipinski definition) is 0. The number of rotatable bonds is 16. The van der Waals surface area contributed by atoms with Crippen LogP contribution in [0.4, 0.5) is 0 Å². The van der Waals surface area contributed by atoms with Crippen LogP contribution in [0.5, 0.6) is 0 Å². The predicted octanol–water partition coefficient (Wildman–Crippen LogP) is 8.09. The molecule has 0 fully saturated rings. The standard InChI is InChI=1S/C25H44O2/c1-6-7-8-9-10-11-12-19-25(26)27-21-20-24(5)18-14-17-23(4)16-13-15-22(2)3/h15,17,20H,6-14,16,18-19,21H2,1-5H3/b23-17-,24-20-. The van der Waals surface area contributed by atoms with Gasteiger partial charge < -0.3 is 4.74 Å². The van der Waals surface area contributed by atoms with E-state index in [0.29, 0.717) is 13.0 Å². The minimum atomic E-state index is -0.0531. The zero-order valence-electron chi connectivity index (χ0n) is 18.7. The van der Waals surface area contributed by atoms with Gasteiger partial charge in [-0.05, 0) is 65.9 Å². The minimum absolute atomic E-state index is 0.0531. The summed E-state index contributed by atoms with van der Waals surface area (Å²) in [5.74, 6) is -0.0531. The second kappa shape index (κ2) is 18.1. The van der Waals surface area contributed by atoms with E-state index in [9.17, 15) is 4.79 Å². The van der Waals surface area contributed by atoms with Gasteiger partial charge in [0.25, 0.3) is 0 Å². The molecule has 156 valence electrons. The van der Waals surface area contributed by atoms with Crippen molar-refractivity contribution >= 4 is 5.97 Å². The predicted molar refractivity (Wildman–Crippen MR) is 119 cm³/mol. The third kappa shape index (κ3) is 19.3. The summed E-state index contributed by atoms with van der Waals surface area (Å²) in [4.78, 5) is 11.7. The van der Waals surface area contributed by atoms with Gasteiger partial charge in [-0.25, -0.2) is 0 Å². The molecular formula is C25H44O2. The normalized spacial score (nSPS) is 12.2. The molecule has 0 aliphatic heterocycles. The molecule has 0 saturated carbocycles. The molecule has 0 radical (unpaired) electrons. The zero-order chi connectivity index (χ0) is 20.3. The number of ether oxygens (including phenoxy) is 1. The Hall–Kier alpha value is -1.31. The Bertz CT molecular complexity index is 465. The lowest BCUT2D eigenvalue weighted by molar-refractivity contribution is -0.142. The number of esters is 1. The van der Waals surface area contributed by atoms with Crippen molar-refractivity contribution < 1.29 is 9.53 Å². The molecule has 27 heavy (non-hydrogen) atoms. The number of allylic oxidation sites excluding steroid dienone is 5. The molecule has 0 heterocycles. The first kappa shape index (κ1) is 25.7. The Balaban J connectivity index is 3.73. The van der Waals surface area contributed by atoms with Crippen molar-refractivity contribution in [2.45, 2.75) is 112 Å². The van der Waals surface area contributed by atoms with Gasteiger partial charge in [0, 0.05) is 6.42 Å². The fourth-order valence-corrected chi connectivity index (χ4v) is 2.91. The summed E-state index contributed by atoms with van der Waals surface area (Å²) >= 11 is 0. The van der Waals surface area contributed by atoms with Crippen LogP contribution in [0.25, 0.3) is 0 Å². The van der Waals surface area contributed by atoms with Crippen LogP contribution in [0.2, 0.25) is 0 Å². The van der Waals surface area contributed by atoms with E-state index in [0.717, 1.165) is 38.5 Å². The van der Waals surface area contributed by atoms with Crippen molar-refractivity contribution in [2.75, 3.05) is 6.61 Å². The Kier molecular flexibility index (Phi) is 17.2. The maximum Gasteiger partial charge on any atom is 0.306 e. The van der Waals surface area contributed by atoms with Crippen molar-refractivity contribution in [3.05, 3.63) is 34.9 Å². The molecule has 0 atom stereocenters. The van der Waals surface area contributed by atoms with E-state index in [4.69, 9.17) is 4.74 Å². The fourth-order valence-electron chi connectivity index (χ4n) is 2.91. The summed E-state index contributed by atoms with van der Waals surface area (Å²) in [7, 11) is 0. The van der Waals surface area contributed by atoms with E-state index in [1.165, 1.54) is 48.8 Å². The Morgan fingerprint density at radius 1 is 0.704 bits per heavy atom. The van der Waals surface area contributed by atoms with Crippen LogP contribution in [0.15, 0.2) is 34.9 Å². The number of hydrogen-bond acceptors (Lipinski definition) is 2. The third-order valence-corrected chi connectivity index (χ3v) is 4.78. The molecule has 0 unspecified atom stereocenters. The summed E-state index contributed by atoms with van der Waals surface area (Å²) in [6.07, 6.45) is 20.2. The van der Waals surface area contributed by atoms with Gasteiger partial charge >= 0.3 is 5.97 Å². The molecule has 0 saturated heterocycles.